The second-order valence-corrected chi connectivity index (χ2v) is 14.2. The summed E-state index contributed by atoms with van der Waals surface area (Å²) in [6.07, 6.45) is 3.07. The predicted octanol–water partition coefficient (Wildman–Crippen LogP) is 6.63. The first-order chi connectivity index (χ1) is 12.6. The zero-order valence-corrected chi connectivity index (χ0v) is 20.0. The summed E-state index contributed by atoms with van der Waals surface area (Å²) in [5.74, 6) is 1.58. The highest BCUT2D eigenvalue weighted by Crippen LogP contribution is 2.61. The predicted molar refractivity (Wildman–Crippen MR) is 120 cm³/mol. The van der Waals surface area contributed by atoms with Crippen molar-refractivity contribution in [1.82, 2.24) is 0 Å². The largest absolute Gasteiger partial charge is 0.323 e. The Labute approximate surface area is 173 Å². The minimum Gasteiger partial charge on any atom is -0.323 e. The van der Waals surface area contributed by atoms with E-state index in [1.165, 1.54) is 33.6 Å². The molecule has 0 spiro atoms. The molecule has 2 rings (SSSR count). The molecular weight excluding hydrogens is 397 g/mol. The van der Waals surface area contributed by atoms with Gasteiger partial charge in [0.2, 0.25) is 5.90 Å². The van der Waals surface area contributed by atoms with Crippen LogP contribution in [0.15, 0.2) is 17.1 Å². The Balaban J connectivity index is 2.22. The van der Waals surface area contributed by atoms with Crippen molar-refractivity contribution in [2.45, 2.75) is 72.3 Å². The molecule has 1 aromatic rings. The van der Waals surface area contributed by atoms with E-state index in [4.69, 9.17) is 30.9 Å². The molecular formula is C20H32NO3PS2. The Kier molecular flexibility index (Phi) is 7.98. The van der Waals surface area contributed by atoms with Crippen molar-refractivity contribution in [2.24, 2.45) is 4.99 Å². The highest BCUT2D eigenvalue weighted by Gasteiger charge is 2.39. The standard InChI is InChI=1S/C20H32NO3PS2/c1-8-9-10-27-25(26,22-7)24-23-19-17(13-20(5,6)21-19)18-15(3)11-14(2)12-16(18)4/h11-12,17H,8-10,13H2,1-7H3. The summed E-state index contributed by atoms with van der Waals surface area (Å²) in [7, 11) is 1.59. The van der Waals surface area contributed by atoms with Crippen LogP contribution in [0, 0.1) is 20.8 Å². The summed E-state index contributed by atoms with van der Waals surface area (Å²) in [5.41, 5.74) is 2.34. The topological polar surface area (TPSA) is 40.0 Å². The molecule has 0 bridgehead atoms. The van der Waals surface area contributed by atoms with E-state index in [1.54, 1.807) is 7.11 Å². The lowest BCUT2D eigenvalue weighted by Gasteiger charge is -2.22. The number of hydrogen-bond acceptors (Lipinski definition) is 6. The average Bonchev–Trinajstić information content (AvgIpc) is 2.87. The molecule has 1 aromatic carbocycles. The Hall–Kier alpha value is -0.390. The molecule has 7 heteroatoms. The zero-order chi connectivity index (χ0) is 20.2. The second-order valence-electron chi connectivity index (χ2n) is 7.81. The van der Waals surface area contributed by atoms with Gasteiger partial charge >= 0.3 is 0 Å². The van der Waals surface area contributed by atoms with Crippen LogP contribution in [0.4, 0.5) is 0 Å². The maximum Gasteiger partial charge on any atom is 0.291 e. The van der Waals surface area contributed by atoms with Gasteiger partial charge in [-0.15, -0.1) is 4.67 Å². The van der Waals surface area contributed by atoms with Crippen LogP contribution in [-0.4, -0.2) is 24.3 Å². The highest BCUT2D eigenvalue weighted by atomic mass is 32.9. The molecule has 1 aliphatic rings. The van der Waals surface area contributed by atoms with Gasteiger partial charge in [-0.3, -0.25) is 0 Å². The van der Waals surface area contributed by atoms with E-state index in [1.807, 2.05) is 0 Å². The van der Waals surface area contributed by atoms with Gasteiger partial charge in [-0.2, -0.15) is 0 Å². The molecule has 0 radical (unpaired) electrons. The van der Waals surface area contributed by atoms with Crippen molar-refractivity contribution in [2.75, 3.05) is 12.9 Å². The number of benzene rings is 1. The molecule has 1 heterocycles. The smallest absolute Gasteiger partial charge is 0.291 e. The van der Waals surface area contributed by atoms with Gasteiger partial charge in [-0.05, 0) is 76.0 Å². The summed E-state index contributed by atoms with van der Waals surface area (Å²) in [5, 5.41) is 0. The molecule has 27 heavy (non-hydrogen) atoms. The third-order valence-electron chi connectivity index (χ3n) is 4.69. The summed E-state index contributed by atoms with van der Waals surface area (Å²) in [6.45, 7) is 12.8. The summed E-state index contributed by atoms with van der Waals surface area (Å²) in [4.78, 5) is 10.6. The van der Waals surface area contributed by atoms with Crippen molar-refractivity contribution in [3.05, 3.63) is 34.4 Å². The van der Waals surface area contributed by atoms with Gasteiger partial charge < -0.3 is 9.41 Å². The van der Waals surface area contributed by atoms with Crippen molar-refractivity contribution in [1.29, 1.82) is 0 Å². The van der Waals surface area contributed by atoms with Crippen molar-refractivity contribution < 1.29 is 14.1 Å². The number of aliphatic imine (C=N–C) groups is 1. The molecule has 152 valence electrons. The van der Waals surface area contributed by atoms with E-state index in [0.29, 0.717) is 5.90 Å². The van der Waals surface area contributed by atoms with Crippen LogP contribution in [0.5, 0.6) is 0 Å². The first-order valence-corrected chi connectivity index (χ1v) is 13.7. The van der Waals surface area contributed by atoms with Gasteiger partial charge in [0, 0.05) is 12.9 Å². The normalized spacial score (nSPS) is 21.0. The third-order valence-corrected chi connectivity index (χ3v) is 9.88. The van der Waals surface area contributed by atoms with Gasteiger partial charge in [0.15, 0.2) is 0 Å². The number of rotatable bonds is 8. The molecule has 0 fully saturated rings. The molecule has 1 aliphatic heterocycles. The van der Waals surface area contributed by atoms with E-state index in [0.717, 1.165) is 25.0 Å². The van der Waals surface area contributed by atoms with Crippen molar-refractivity contribution in [3.63, 3.8) is 0 Å². The van der Waals surface area contributed by atoms with Gasteiger partial charge in [0.25, 0.3) is 5.69 Å². The first kappa shape index (κ1) is 22.9. The summed E-state index contributed by atoms with van der Waals surface area (Å²) in [6, 6.07) is 4.43. The average molecular weight is 430 g/mol. The van der Waals surface area contributed by atoms with Gasteiger partial charge in [0.05, 0.1) is 11.5 Å². The molecule has 0 amide bonds. The molecule has 0 saturated heterocycles. The van der Waals surface area contributed by atoms with Crippen LogP contribution >= 0.6 is 17.1 Å². The van der Waals surface area contributed by atoms with E-state index < -0.39 is 5.69 Å². The number of nitrogens with zero attached hydrogens (tertiary/aromatic N) is 1. The maximum atomic E-state index is 5.78. The molecule has 0 aliphatic carbocycles. The van der Waals surface area contributed by atoms with Crippen molar-refractivity contribution >= 4 is 34.8 Å². The van der Waals surface area contributed by atoms with E-state index in [2.05, 4.69) is 53.7 Å². The van der Waals surface area contributed by atoms with E-state index in [-0.39, 0.29) is 11.5 Å². The second kappa shape index (κ2) is 9.41. The number of hydrogen-bond donors (Lipinski definition) is 0. The van der Waals surface area contributed by atoms with E-state index in [9.17, 15) is 0 Å². The van der Waals surface area contributed by atoms with Crippen LogP contribution < -0.4 is 0 Å². The quantitative estimate of drug-likeness (QED) is 0.201. The van der Waals surface area contributed by atoms with Crippen LogP contribution in [0.2, 0.25) is 0 Å². The lowest BCUT2D eigenvalue weighted by molar-refractivity contribution is -0.116. The van der Waals surface area contributed by atoms with Gasteiger partial charge in [-0.1, -0.05) is 42.4 Å². The molecule has 0 aromatic heterocycles. The zero-order valence-electron chi connectivity index (χ0n) is 17.5. The molecule has 0 N–H and O–H groups in total. The maximum absolute atomic E-state index is 5.78. The lowest BCUT2D eigenvalue weighted by Crippen LogP contribution is -2.17. The monoisotopic (exact) mass is 429 g/mol. The van der Waals surface area contributed by atoms with Crippen LogP contribution in [0.25, 0.3) is 0 Å². The molecule has 2 atom stereocenters. The Morgan fingerprint density at radius 3 is 2.44 bits per heavy atom. The molecule has 0 saturated carbocycles. The highest BCUT2D eigenvalue weighted by molar-refractivity contribution is 8.67. The minimum absolute atomic E-state index is 0.0709. The first-order valence-electron chi connectivity index (χ1n) is 9.45. The van der Waals surface area contributed by atoms with E-state index >= 15 is 0 Å². The Bertz CT molecular complexity index is 726. The molecule has 4 nitrogen and oxygen atoms in total. The minimum atomic E-state index is -2.53. The van der Waals surface area contributed by atoms with Crippen molar-refractivity contribution in [3.8, 4) is 0 Å². The van der Waals surface area contributed by atoms with Crippen LogP contribution in [-0.2, 0) is 25.9 Å². The lowest BCUT2D eigenvalue weighted by atomic mass is 9.84. The number of aryl methyl sites for hydroxylation is 3. The fourth-order valence-electron chi connectivity index (χ4n) is 3.56. The fraction of sp³-hybridized carbons (Fsp3) is 0.650. The van der Waals surface area contributed by atoms with Gasteiger partial charge in [-0.25, -0.2) is 4.99 Å². The van der Waals surface area contributed by atoms with Crippen LogP contribution in [0.1, 0.15) is 68.2 Å². The molecule has 2 unspecified atom stereocenters. The van der Waals surface area contributed by atoms with Gasteiger partial charge in [0.1, 0.15) is 0 Å². The number of unbranched alkanes of at least 4 members (excludes halogenated alkanes) is 1. The Morgan fingerprint density at radius 1 is 1.26 bits per heavy atom. The third kappa shape index (κ3) is 6.04. The fourth-order valence-corrected chi connectivity index (χ4v) is 6.94. The van der Waals surface area contributed by atoms with Crippen LogP contribution in [0.3, 0.4) is 0 Å². The SMILES string of the molecule is CCCCSP(=S)(OC)OOC1=NC(C)(C)CC1c1c(C)cc(C)cc1C. The summed E-state index contributed by atoms with van der Waals surface area (Å²) < 4.78 is 11.2. The Morgan fingerprint density at radius 2 is 1.89 bits per heavy atom. The summed E-state index contributed by atoms with van der Waals surface area (Å²) >= 11 is 7.12.